The first-order valence-corrected chi connectivity index (χ1v) is 6.26. The summed E-state index contributed by atoms with van der Waals surface area (Å²) in [5.41, 5.74) is 6.81. The number of likely N-dealkylation sites (tertiary alicyclic amines) is 1. The van der Waals surface area contributed by atoms with Crippen LogP contribution in [0.4, 0.5) is 15.8 Å². The average molecular weight is 237 g/mol. The van der Waals surface area contributed by atoms with Crippen molar-refractivity contribution in [3.8, 4) is 0 Å². The fourth-order valence-electron chi connectivity index (χ4n) is 2.26. The third kappa shape index (κ3) is 3.89. The standard InChI is InChI=1S/C13H20FN3/c14-11-8-12(15)10-13(9-11)16-4-3-7-17-5-1-2-6-17/h8-10,16H,1-7,15H2. The maximum Gasteiger partial charge on any atom is 0.127 e. The van der Waals surface area contributed by atoms with Crippen LogP contribution in [0.5, 0.6) is 0 Å². The van der Waals surface area contributed by atoms with Gasteiger partial charge in [0, 0.05) is 17.9 Å². The summed E-state index contributed by atoms with van der Waals surface area (Å²) in [6.45, 7) is 4.44. The predicted octanol–water partition coefficient (Wildman–Crippen LogP) is 2.31. The van der Waals surface area contributed by atoms with Crippen molar-refractivity contribution in [3.63, 3.8) is 0 Å². The van der Waals surface area contributed by atoms with Crippen molar-refractivity contribution < 1.29 is 4.39 Å². The van der Waals surface area contributed by atoms with Gasteiger partial charge >= 0.3 is 0 Å². The van der Waals surface area contributed by atoms with Crippen molar-refractivity contribution in [2.75, 3.05) is 37.2 Å². The van der Waals surface area contributed by atoms with E-state index in [0.717, 1.165) is 25.2 Å². The quantitative estimate of drug-likeness (QED) is 0.610. The van der Waals surface area contributed by atoms with E-state index in [9.17, 15) is 4.39 Å². The van der Waals surface area contributed by atoms with Crippen molar-refractivity contribution in [1.82, 2.24) is 4.90 Å². The van der Waals surface area contributed by atoms with Gasteiger partial charge in [0.15, 0.2) is 0 Å². The number of nitrogens with one attached hydrogen (secondary N) is 1. The number of hydrogen-bond donors (Lipinski definition) is 2. The molecule has 1 saturated heterocycles. The summed E-state index contributed by atoms with van der Waals surface area (Å²) in [6, 6.07) is 4.57. The Balaban J connectivity index is 1.70. The molecule has 4 heteroatoms. The van der Waals surface area contributed by atoms with Gasteiger partial charge in [-0.25, -0.2) is 4.39 Å². The van der Waals surface area contributed by atoms with E-state index in [1.54, 1.807) is 6.07 Å². The fraction of sp³-hybridized carbons (Fsp3) is 0.538. The zero-order valence-electron chi connectivity index (χ0n) is 10.1. The minimum Gasteiger partial charge on any atom is -0.399 e. The van der Waals surface area contributed by atoms with Gasteiger partial charge in [-0.15, -0.1) is 0 Å². The van der Waals surface area contributed by atoms with Crippen LogP contribution < -0.4 is 11.1 Å². The predicted molar refractivity (Wildman–Crippen MR) is 69.6 cm³/mol. The smallest absolute Gasteiger partial charge is 0.127 e. The van der Waals surface area contributed by atoms with Crippen molar-refractivity contribution in [2.45, 2.75) is 19.3 Å². The molecule has 0 bridgehead atoms. The Morgan fingerprint density at radius 1 is 1.24 bits per heavy atom. The van der Waals surface area contributed by atoms with E-state index in [1.807, 2.05) is 0 Å². The fourth-order valence-corrected chi connectivity index (χ4v) is 2.26. The van der Waals surface area contributed by atoms with Crippen LogP contribution in [0.1, 0.15) is 19.3 Å². The summed E-state index contributed by atoms with van der Waals surface area (Å²) in [4.78, 5) is 2.47. The van der Waals surface area contributed by atoms with Crippen LogP contribution in [0.3, 0.4) is 0 Å². The van der Waals surface area contributed by atoms with E-state index >= 15 is 0 Å². The monoisotopic (exact) mass is 237 g/mol. The minimum absolute atomic E-state index is 0.285. The maximum absolute atomic E-state index is 13.1. The molecule has 0 amide bonds. The van der Waals surface area contributed by atoms with Gasteiger partial charge in [0.2, 0.25) is 0 Å². The highest BCUT2D eigenvalue weighted by atomic mass is 19.1. The lowest BCUT2D eigenvalue weighted by atomic mass is 10.2. The molecule has 1 aromatic carbocycles. The van der Waals surface area contributed by atoms with Crippen molar-refractivity contribution in [2.24, 2.45) is 0 Å². The van der Waals surface area contributed by atoms with Crippen LogP contribution in [-0.2, 0) is 0 Å². The zero-order chi connectivity index (χ0) is 12.1. The van der Waals surface area contributed by atoms with Gasteiger partial charge in [0.1, 0.15) is 5.82 Å². The highest BCUT2D eigenvalue weighted by molar-refractivity contribution is 5.54. The summed E-state index contributed by atoms with van der Waals surface area (Å²) in [5.74, 6) is -0.285. The number of nitrogens with zero attached hydrogens (tertiary/aromatic N) is 1. The molecule has 0 aromatic heterocycles. The van der Waals surface area contributed by atoms with E-state index in [2.05, 4.69) is 10.2 Å². The highest BCUT2D eigenvalue weighted by Crippen LogP contribution is 2.15. The summed E-state index contributed by atoms with van der Waals surface area (Å²) in [7, 11) is 0. The van der Waals surface area contributed by atoms with Gasteiger partial charge in [-0.2, -0.15) is 0 Å². The van der Waals surface area contributed by atoms with E-state index in [1.165, 1.54) is 38.1 Å². The molecule has 2 rings (SSSR count). The molecule has 0 aliphatic carbocycles. The first kappa shape index (κ1) is 12.2. The summed E-state index contributed by atoms with van der Waals surface area (Å²) in [5, 5.41) is 3.20. The number of nitrogen functional groups attached to an aromatic ring is 1. The van der Waals surface area contributed by atoms with Crippen molar-refractivity contribution in [1.29, 1.82) is 0 Å². The molecule has 17 heavy (non-hydrogen) atoms. The van der Waals surface area contributed by atoms with Gasteiger partial charge in [-0.05, 0) is 57.1 Å². The Bertz CT molecular complexity index is 341. The lowest BCUT2D eigenvalue weighted by molar-refractivity contribution is 0.337. The van der Waals surface area contributed by atoms with Crippen LogP contribution in [-0.4, -0.2) is 31.1 Å². The van der Waals surface area contributed by atoms with Crippen LogP contribution >= 0.6 is 0 Å². The molecule has 1 aliphatic rings. The largest absolute Gasteiger partial charge is 0.399 e. The Labute approximate surface area is 102 Å². The Hall–Kier alpha value is -1.29. The first-order chi connectivity index (χ1) is 8.24. The van der Waals surface area contributed by atoms with Gasteiger partial charge in [-0.1, -0.05) is 0 Å². The number of hydrogen-bond acceptors (Lipinski definition) is 3. The van der Waals surface area contributed by atoms with E-state index in [0.29, 0.717) is 5.69 Å². The molecule has 1 aromatic rings. The molecule has 3 nitrogen and oxygen atoms in total. The van der Waals surface area contributed by atoms with Gasteiger partial charge in [0.05, 0.1) is 0 Å². The third-order valence-electron chi connectivity index (χ3n) is 3.10. The number of benzene rings is 1. The lowest BCUT2D eigenvalue weighted by Gasteiger charge is -2.14. The maximum atomic E-state index is 13.1. The highest BCUT2D eigenvalue weighted by Gasteiger charge is 2.09. The second-order valence-electron chi connectivity index (χ2n) is 4.60. The molecule has 0 radical (unpaired) electrons. The van der Waals surface area contributed by atoms with Crippen molar-refractivity contribution >= 4 is 11.4 Å². The molecule has 1 aliphatic heterocycles. The zero-order valence-corrected chi connectivity index (χ0v) is 10.1. The Morgan fingerprint density at radius 2 is 2.00 bits per heavy atom. The van der Waals surface area contributed by atoms with Gasteiger partial charge in [-0.3, -0.25) is 0 Å². The van der Waals surface area contributed by atoms with Crippen LogP contribution in [0.2, 0.25) is 0 Å². The molecule has 0 atom stereocenters. The average Bonchev–Trinajstić information content (AvgIpc) is 2.76. The number of nitrogens with two attached hydrogens (primary N) is 1. The minimum atomic E-state index is -0.285. The number of rotatable bonds is 5. The topological polar surface area (TPSA) is 41.3 Å². The van der Waals surface area contributed by atoms with Crippen LogP contribution in [0, 0.1) is 5.82 Å². The molecule has 0 spiro atoms. The van der Waals surface area contributed by atoms with E-state index < -0.39 is 0 Å². The summed E-state index contributed by atoms with van der Waals surface area (Å²) < 4.78 is 13.1. The van der Waals surface area contributed by atoms with Crippen molar-refractivity contribution in [3.05, 3.63) is 24.0 Å². The molecule has 0 saturated carbocycles. The van der Waals surface area contributed by atoms with Crippen LogP contribution in [0.15, 0.2) is 18.2 Å². The molecule has 0 unspecified atom stereocenters. The Kier molecular flexibility index (Phi) is 4.20. The normalized spacial score (nSPS) is 16.3. The third-order valence-corrected chi connectivity index (χ3v) is 3.10. The Morgan fingerprint density at radius 3 is 2.71 bits per heavy atom. The summed E-state index contributed by atoms with van der Waals surface area (Å²) in [6.07, 6.45) is 3.73. The molecule has 3 N–H and O–H groups in total. The van der Waals surface area contributed by atoms with Crippen LogP contribution in [0.25, 0.3) is 0 Å². The lowest BCUT2D eigenvalue weighted by Crippen LogP contribution is -2.22. The van der Waals surface area contributed by atoms with Gasteiger partial charge in [0.25, 0.3) is 0 Å². The number of anilines is 2. The molecule has 1 fully saturated rings. The first-order valence-electron chi connectivity index (χ1n) is 6.26. The molecule has 94 valence electrons. The second-order valence-corrected chi connectivity index (χ2v) is 4.60. The molecular formula is C13H20FN3. The molecule has 1 heterocycles. The van der Waals surface area contributed by atoms with Gasteiger partial charge < -0.3 is 16.0 Å². The SMILES string of the molecule is Nc1cc(F)cc(NCCCN2CCCC2)c1. The van der Waals surface area contributed by atoms with E-state index in [4.69, 9.17) is 5.73 Å². The second kappa shape index (κ2) is 5.87. The number of halogens is 1. The molecular weight excluding hydrogens is 217 g/mol. The summed E-state index contributed by atoms with van der Waals surface area (Å²) >= 11 is 0. The van der Waals surface area contributed by atoms with E-state index in [-0.39, 0.29) is 5.82 Å².